The van der Waals surface area contributed by atoms with E-state index >= 15 is 0 Å². The van der Waals surface area contributed by atoms with Gasteiger partial charge in [-0.25, -0.2) is 4.98 Å². The Hall–Kier alpha value is -1.07. The molecule has 0 radical (unpaired) electrons. The number of methoxy groups -OCH3 is 1. The Morgan fingerprint density at radius 1 is 1.62 bits per heavy atom. The SMILES string of the molecule is COCCn1ccnc1N1CCNC(C)C1. The summed E-state index contributed by atoms with van der Waals surface area (Å²) in [5.74, 6) is 1.06. The number of aromatic nitrogens is 2. The Balaban J connectivity index is 2.04. The Morgan fingerprint density at radius 3 is 3.25 bits per heavy atom. The second-order valence-corrected chi connectivity index (χ2v) is 4.21. The predicted octanol–water partition coefficient (Wildman–Crippen LogP) is 0.328. The summed E-state index contributed by atoms with van der Waals surface area (Å²) in [5.41, 5.74) is 0. The third-order valence-corrected chi connectivity index (χ3v) is 2.88. The molecule has 1 saturated heterocycles. The average molecular weight is 224 g/mol. The highest BCUT2D eigenvalue weighted by atomic mass is 16.5. The molecule has 2 rings (SSSR count). The van der Waals surface area contributed by atoms with Gasteiger partial charge in [-0.15, -0.1) is 0 Å². The van der Waals surface area contributed by atoms with Crippen molar-refractivity contribution < 1.29 is 4.74 Å². The maximum Gasteiger partial charge on any atom is 0.205 e. The summed E-state index contributed by atoms with van der Waals surface area (Å²) in [6.45, 7) is 6.86. The Labute approximate surface area is 96.4 Å². The van der Waals surface area contributed by atoms with Crippen molar-refractivity contribution in [2.75, 3.05) is 38.3 Å². The van der Waals surface area contributed by atoms with E-state index in [4.69, 9.17) is 4.74 Å². The van der Waals surface area contributed by atoms with Crippen molar-refractivity contribution in [3.05, 3.63) is 12.4 Å². The number of hydrogen-bond acceptors (Lipinski definition) is 4. The number of piperazine rings is 1. The number of nitrogens with zero attached hydrogens (tertiary/aromatic N) is 3. The normalized spacial score (nSPS) is 21.4. The van der Waals surface area contributed by atoms with E-state index in [2.05, 4.69) is 26.7 Å². The first-order chi connectivity index (χ1) is 7.81. The molecule has 1 unspecified atom stereocenters. The molecule has 1 aliphatic heterocycles. The molecule has 5 nitrogen and oxygen atoms in total. The number of anilines is 1. The van der Waals surface area contributed by atoms with Crippen LogP contribution in [0, 0.1) is 0 Å². The second-order valence-electron chi connectivity index (χ2n) is 4.21. The number of imidazole rings is 1. The minimum Gasteiger partial charge on any atom is -0.383 e. The highest BCUT2D eigenvalue weighted by Crippen LogP contribution is 2.13. The van der Waals surface area contributed by atoms with Crippen LogP contribution in [0.25, 0.3) is 0 Å². The van der Waals surface area contributed by atoms with Gasteiger partial charge in [-0.05, 0) is 6.92 Å². The van der Waals surface area contributed by atoms with E-state index in [9.17, 15) is 0 Å². The third-order valence-electron chi connectivity index (χ3n) is 2.88. The lowest BCUT2D eigenvalue weighted by atomic mass is 10.2. The fraction of sp³-hybridized carbons (Fsp3) is 0.727. The summed E-state index contributed by atoms with van der Waals surface area (Å²) in [5, 5.41) is 3.43. The quantitative estimate of drug-likeness (QED) is 0.800. The maximum atomic E-state index is 5.10. The van der Waals surface area contributed by atoms with Crippen LogP contribution in [0.1, 0.15) is 6.92 Å². The molecule has 1 aromatic heterocycles. The lowest BCUT2D eigenvalue weighted by molar-refractivity contribution is 0.187. The van der Waals surface area contributed by atoms with Gasteiger partial charge in [0.2, 0.25) is 5.95 Å². The number of nitrogens with one attached hydrogen (secondary N) is 1. The monoisotopic (exact) mass is 224 g/mol. The average Bonchev–Trinajstić information content (AvgIpc) is 2.74. The van der Waals surface area contributed by atoms with Gasteiger partial charge in [0.05, 0.1) is 6.61 Å². The molecule has 0 spiro atoms. The predicted molar refractivity (Wildman–Crippen MR) is 63.8 cm³/mol. The van der Waals surface area contributed by atoms with Gasteiger partial charge in [0.25, 0.3) is 0 Å². The summed E-state index contributed by atoms with van der Waals surface area (Å²) in [4.78, 5) is 6.76. The highest BCUT2D eigenvalue weighted by Gasteiger charge is 2.19. The zero-order valence-electron chi connectivity index (χ0n) is 10.0. The fourth-order valence-corrected chi connectivity index (χ4v) is 2.06. The van der Waals surface area contributed by atoms with Crippen LogP contribution in [-0.2, 0) is 11.3 Å². The molecule has 0 aliphatic carbocycles. The molecule has 2 heterocycles. The lowest BCUT2D eigenvalue weighted by Gasteiger charge is -2.32. The van der Waals surface area contributed by atoms with Crippen molar-refractivity contribution in [3.63, 3.8) is 0 Å². The Kier molecular flexibility index (Phi) is 3.79. The van der Waals surface area contributed by atoms with E-state index < -0.39 is 0 Å². The van der Waals surface area contributed by atoms with Crippen LogP contribution < -0.4 is 10.2 Å². The van der Waals surface area contributed by atoms with E-state index in [1.165, 1.54) is 0 Å². The van der Waals surface area contributed by atoms with E-state index in [0.29, 0.717) is 6.04 Å². The first-order valence-corrected chi connectivity index (χ1v) is 5.79. The van der Waals surface area contributed by atoms with Gasteiger partial charge in [0.1, 0.15) is 0 Å². The Morgan fingerprint density at radius 2 is 2.50 bits per heavy atom. The molecular weight excluding hydrogens is 204 g/mol. The van der Waals surface area contributed by atoms with Crippen molar-refractivity contribution >= 4 is 5.95 Å². The molecule has 90 valence electrons. The molecule has 1 N–H and O–H groups in total. The van der Waals surface area contributed by atoms with Crippen LogP contribution in [0.5, 0.6) is 0 Å². The van der Waals surface area contributed by atoms with Crippen molar-refractivity contribution in [1.82, 2.24) is 14.9 Å². The van der Waals surface area contributed by atoms with Gasteiger partial charge < -0.3 is 19.5 Å². The van der Waals surface area contributed by atoms with Crippen LogP contribution >= 0.6 is 0 Å². The second kappa shape index (κ2) is 5.32. The summed E-state index contributed by atoms with van der Waals surface area (Å²) >= 11 is 0. The summed E-state index contributed by atoms with van der Waals surface area (Å²) < 4.78 is 7.25. The minimum absolute atomic E-state index is 0.529. The van der Waals surface area contributed by atoms with Crippen LogP contribution in [0.3, 0.4) is 0 Å². The maximum absolute atomic E-state index is 5.10. The minimum atomic E-state index is 0.529. The van der Waals surface area contributed by atoms with Crippen LogP contribution in [0.2, 0.25) is 0 Å². The van der Waals surface area contributed by atoms with Gasteiger partial charge in [-0.2, -0.15) is 0 Å². The molecule has 1 atom stereocenters. The number of hydrogen-bond donors (Lipinski definition) is 1. The zero-order chi connectivity index (χ0) is 11.4. The molecule has 1 aromatic rings. The highest BCUT2D eigenvalue weighted by molar-refractivity contribution is 5.32. The summed E-state index contributed by atoms with van der Waals surface area (Å²) in [7, 11) is 1.73. The van der Waals surface area contributed by atoms with E-state index in [0.717, 1.165) is 38.7 Å². The van der Waals surface area contributed by atoms with E-state index in [1.807, 2.05) is 12.4 Å². The van der Waals surface area contributed by atoms with Gasteiger partial charge in [0.15, 0.2) is 0 Å². The topological polar surface area (TPSA) is 42.3 Å². The zero-order valence-corrected chi connectivity index (χ0v) is 10.0. The molecule has 0 saturated carbocycles. The summed E-state index contributed by atoms with van der Waals surface area (Å²) in [6.07, 6.45) is 3.87. The Bertz CT molecular complexity index is 326. The fourth-order valence-electron chi connectivity index (χ4n) is 2.06. The van der Waals surface area contributed by atoms with E-state index in [-0.39, 0.29) is 0 Å². The summed E-state index contributed by atoms with van der Waals surface area (Å²) in [6, 6.07) is 0.529. The van der Waals surface area contributed by atoms with Crippen LogP contribution in [0.4, 0.5) is 5.95 Å². The van der Waals surface area contributed by atoms with Crippen molar-refractivity contribution in [2.45, 2.75) is 19.5 Å². The number of ether oxygens (including phenoxy) is 1. The third kappa shape index (κ3) is 2.54. The van der Waals surface area contributed by atoms with Crippen molar-refractivity contribution in [2.24, 2.45) is 0 Å². The molecule has 0 bridgehead atoms. The molecule has 1 aliphatic rings. The van der Waals surface area contributed by atoms with Gasteiger partial charge in [0, 0.05) is 51.7 Å². The van der Waals surface area contributed by atoms with Crippen LogP contribution in [-0.4, -0.2) is 48.9 Å². The standard InChI is InChI=1S/C11H20N4O/c1-10-9-15(6-3-12-10)11-13-4-5-14(11)7-8-16-2/h4-5,10,12H,3,6-9H2,1-2H3. The first kappa shape index (κ1) is 11.4. The largest absolute Gasteiger partial charge is 0.383 e. The van der Waals surface area contributed by atoms with Crippen LogP contribution in [0.15, 0.2) is 12.4 Å². The molecule has 16 heavy (non-hydrogen) atoms. The molecule has 5 heteroatoms. The smallest absolute Gasteiger partial charge is 0.205 e. The van der Waals surface area contributed by atoms with Gasteiger partial charge >= 0.3 is 0 Å². The molecule has 0 aromatic carbocycles. The molecular formula is C11H20N4O. The molecule has 1 fully saturated rings. The first-order valence-electron chi connectivity index (χ1n) is 5.79. The van der Waals surface area contributed by atoms with Gasteiger partial charge in [-0.1, -0.05) is 0 Å². The van der Waals surface area contributed by atoms with E-state index in [1.54, 1.807) is 7.11 Å². The number of rotatable bonds is 4. The lowest BCUT2D eigenvalue weighted by Crippen LogP contribution is -2.50. The van der Waals surface area contributed by atoms with Crippen molar-refractivity contribution in [1.29, 1.82) is 0 Å². The van der Waals surface area contributed by atoms with Crippen molar-refractivity contribution in [3.8, 4) is 0 Å². The van der Waals surface area contributed by atoms with Gasteiger partial charge in [-0.3, -0.25) is 0 Å². The molecule has 0 amide bonds.